The van der Waals surface area contributed by atoms with E-state index in [9.17, 15) is 0 Å². The fourth-order valence-corrected chi connectivity index (χ4v) is 7.87. The lowest BCUT2D eigenvalue weighted by Crippen LogP contribution is -2.57. The molecule has 0 N–H and O–H groups in total. The van der Waals surface area contributed by atoms with Crippen LogP contribution in [0.2, 0.25) is 0 Å². The predicted octanol–water partition coefficient (Wildman–Crippen LogP) is 6.59. The van der Waals surface area contributed by atoms with Crippen molar-refractivity contribution in [1.82, 2.24) is 4.98 Å². The molecule has 0 saturated carbocycles. The van der Waals surface area contributed by atoms with Crippen molar-refractivity contribution in [2.24, 2.45) is 18.0 Å². The molecule has 4 nitrogen and oxygen atoms in total. The summed E-state index contributed by atoms with van der Waals surface area (Å²) in [7, 11) is 2.10. The number of rotatable bonds is 3. The van der Waals surface area contributed by atoms with Crippen molar-refractivity contribution >= 4 is 61.1 Å². The Morgan fingerprint density at radius 2 is 1.75 bits per heavy atom. The molecule has 44 heavy (non-hydrogen) atoms. The Kier molecular flexibility index (Phi) is 5.68. The lowest BCUT2D eigenvalue weighted by atomic mass is 9.93. The molecule has 1 aliphatic carbocycles. The summed E-state index contributed by atoms with van der Waals surface area (Å²) >= 11 is 1.83. The van der Waals surface area contributed by atoms with Crippen LogP contribution in [0, 0.1) is 5.92 Å². The quantitative estimate of drug-likeness (QED) is 0.171. The fourth-order valence-electron chi connectivity index (χ4n) is 6.76. The molecule has 0 spiro atoms. The van der Waals surface area contributed by atoms with Gasteiger partial charge in [-0.2, -0.15) is 4.57 Å². The largest absolute Gasteiger partial charge is 0.255 e. The van der Waals surface area contributed by atoms with Crippen LogP contribution in [-0.4, -0.2) is 11.2 Å². The van der Waals surface area contributed by atoms with Crippen LogP contribution < -0.4 is 19.7 Å². The van der Waals surface area contributed by atoms with Crippen LogP contribution in [0.5, 0.6) is 0 Å². The van der Waals surface area contributed by atoms with Gasteiger partial charge in [0.1, 0.15) is 12.7 Å². The average Bonchev–Trinajstić information content (AvgIpc) is 3.51. The third-order valence-corrected chi connectivity index (χ3v) is 10.1. The molecule has 5 heteroatoms. The topological polar surface area (TPSA) is 33.0 Å². The number of aryl methyl sites for hydroxylation is 1. The van der Waals surface area contributed by atoms with Gasteiger partial charge in [0.25, 0.3) is 0 Å². The van der Waals surface area contributed by atoms with Crippen molar-refractivity contribution in [3.63, 3.8) is 0 Å². The molecule has 1 aliphatic heterocycles. The second kappa shape index (κ2) is 9.90. The van der Waals surface area contributed by atoms with Gasteiger partial charge in [-0.25, -0.2) is 4.57 Å². The Hall–Kier alpha value is -5.26. The molecule has 7 aromatic rings. The van der Waals surface area contributed by atoms with E-state index in [1.807, 2.05) is 23.7 Å². The number of aliphatic imine (C=N–C) groups is 1. The zero-order valence-electron chi connectivity index (χ0n) is 24.2. The monoisotopic (exact) mass is 584 g/mol. The number of hydrogen-bond acceptors (Lipinski definition) is 3. The van der Waals surface area contributed by atoms with E-state index in [4.69, 9.17) is 9.98 Å². The van der Waals surface area contributed by atoms with E-state index in [-0.39, 0.29) is 0 Å². The van der Waals surface area contributed by atoms with Crippen LogP contribution in [0.3, 0.4) is 0 Å². The van der Waals surface area contributed by atoms with Crippen molar-refractivity contribution in [2.45, 2.75) is 6.42 Å². The van der Waals surface area contributed by atoms with E-state index in [0.29, 0.717) is 5.92 Å². The highest BCUT2D eigenvalue weighted by Gasteiger charge is 2.25. The van der Waals surface area contributed by atoms with Gasteiger partial charge in [-0.05, 0) is 65.2 Å². The molecule has 5 heterocycles. The number of dihydropyridines is 1. The van der Waals surface area contributed by atoms with Crippen LogP contribution in [0.25, 0.3) is 70.9 Å². The molecule has 0 radical (unpaired) electrons. The number of nitrogens with zero attached hydrogens (tertiary/aromatic N) is 4. The Morgan fingerprint density at radius 1 is 0.818 bits per heavy atom. The molecule has 0 amide bonds. The number of pyridine rings is 3. The number of aromatic nitrogens is 3. The second-order valence-corrected chi connectivity index (χ2v) is 12.7. The SMILES string of the molecule is C[n+]1ccccc1-c1cc2cc(-c3cnc4c(c3)c(-[n+]3cccc5c3=C3N=CC=CC3CC=5)cc3ccccc34)ccc2s1. The molecule has 1 atom stereocenters. The Balaban J connectivity index is 1.28. The van der Waals surface area contributed by atoms with E-state index in [2.05, 4.69) is 138 Å². The normalized spacial score (nSPS) is 15.5. The van der Waals surface area contributed by atoms with Gasteiger partial charge in [0.2, 0.25) is 16.7 Å². The molecule has 4 aromatic heterocycles. The highest BCUT2D eigenvalue weighted by atomic mass is 32.1. The molecule has 0 saturated heterocycles. The van der Waals surface area contributed by atoms with E-state index in [1.54, 1.807) is 0 Å². The minimum atomic E-state index is 0.293. The molecule has 9 rings (SSSR count). The van der Waals surface area contributed by atoms with Gasteiger partial charge in [-0.15, -0.1) is 11.3 Å². The summed E-state index contributed by atoms with van der Waals surface area (Å²) in [6.07, 6.45) is 15.9. The van der Waals surface area contributed by atoms with Crippen LogP contribution in [0.15, 0.2) is 127 Å². The van der Waals surface area contributed by atoms with Gasteiger partial charge in [0, 0.05) is 63.5 Å². The van der Waals surface area contributed by atoms with Gasteiger partial charge in [-0.1, -0.05) is 42.5 Å². The van der Waals surface area contributed by atoms with Crippen LogP contribution in [0.1, 0.15) is 6.42 Å². The summed E-state index contributed by atoms with van der Waals surface area (Å²) in [5.74, 6) is 0.293. The number of allylic oxidation sites excluding steroid dienone is 1. The van der Waals surface area contributed by atoms with Gasteiger partial charge >= 0.3 is 0 Å². The first-order valence-corrected chi connectivity index (χ1v) is 15.8. The summed E-state index contributed by atoms with van der Waals surface area (Å²) in [5, 5.41) is 7.09. The summed E-state index contributed by atoms with van der Waals surface area (Å²) in [5.41, 5.74) is 6.74. The first-order valence-electron chi connectivity index (χ1n) is 15.0. The minimum absolute atomic E-state index is 0.293. The fraction of sp³-hybridized carbons (Fsp3) is 0.0769. The molecule has 1 unspecified atom stereocenters. The zero-order chi connectivity index (χ0) is 29.2. The second-order valence-electron chi connectivity index (χ2n) is 11.6. The van der Waals surface area contributed by atoms with Gasteiger partial charge < -0.3 is 0 Å². The summed E-state index contributed by atoms with van der Waals surface area (Å²) in [6.45, 7) is 0. The van der Waals surface area contributed by atoms with Gasteiger partial charge in [-0.3, -0.25) is 9.98 Å². The van der Waals surface area contributed by atoms with Crippen molar-refractivity contribution in [1.29, 1.82) is 0 Å². The Morgan fingerprint density at radius 3 is 2.70 bits per heavy atom. The maximum Gasteiger partial charge on any atom is 0.240 e. The Bertz CT molecular complexity index is 2500. The molecule has 208 valence electrons. The summed E-state index contributed by atoms with van der Waals surface area (Å²) in [4.78, 5) is 11.3. The maximum absolute atomic E-state index is 5.14. The average molecular weight is 585 g/mol. The van der Waals surface area contributed by atoms with E-state index >= 15 is 0 Å². The smallest absolute Gasteiger partial charge is 0.240 e. The van der Waals surface area contributed by atoms with Crippen molar-refractivity contribution in [2.75, 3.05) is 0 Å². The molecule has 0 fully saturated rings. The van der Waals surface area contributed by atoms with Crippen molar-refractivity contribution in [3.05, 3.63) is 132 Å². The van der Waals surface area contributed by atoms with Crippen LogP contribution in [-0.2, 0) is 7.05 Å². The molecular formula is C39H28N4S+2. The lowest BCUT2D eigenvalue weighted by Gasteiger charge is -2.17. The highest BCUT2D eigenvalue weighted by molar-refractivity contribution is 7.22. The number of fused-ring (bicyclic) bond motifs is 6. The van der Waals surface area contributed by atoms with Crippen molar-refractivity contribution in [3.8, 4) is 27.4 Å². The predicted molar refractivity (Wildman–Crippen MR) is 181 cm³/mol. The minimum Gasteiger partial charge on any atom is -0.255 e. The van der Waals surface area contributed by atoms with Gasteiger partial charge in [0.05, 0.1) is 15.8 Å². The molecule has 3 aromatic carbocycles. The number of thiophene rings is 1. The molecule has 2 aliphatic rings. The first kappa shape index (κ1) is 25.3. The van der Waals surface area contributed by atoms with Crippen LogP contribution in [0.4, 0.5) is 0 Å². The third kappa shape index (κ3) is 3.97. The number of hydrogen-bond donors (Lipinski definition) is 0. The third-order valence-electron chi connectivity index (χ3n) is 8.94. The van der Waals surface area contributed by atoms with E-state index in [1.165, 1.54) is 31.3 Å². The molecular weight excluding hydrogens is 557 g/mol. The van der Waals surface area contributed by atoms with Gasteiger partial charge in [0.15, 0.2) is 12.4 Å². The lowest BCUT2D eigenvalue weighted by molar-refractivity contribution is -0.660. The zero-order valence-corrected chi connectivity index (χ0v) is 25.0. The van der Waals surface area contributed by atoms with E-state index in [0.717, 1.165) is 50.6 Å². The maximum atomic E-state index is 5.14. The number of benzene rings is 3. The van der Waals surface area contributed by atoms with Crippen LogP contribution >= 0.6 is 11.3 Å². The first-order chi connectivity index (χ1) is 21.7. The summed E-state index contributed by atoms with van der Waals surface area (Å²) < 4.78 is 5.79. The van der Waals surface area contributed by atoms with E-state index < -0.39 is 0 Å². The molecule has 0 bridgehead atoms. The van der Waals surface area contributed by atoms with Crippen molar-refractivity contribution < 1.29 is 9.13 Å². The highest BCUT2D eigenvalue weighted by Crippen LogP contribution is 2.36. The summed E-state index contributed by atoms with van der Waals surface area (Å²) in [6, 6.07) is 33.0. The standard InChI is InChI=1S/C39H28N4S/c1-42-18-5-4-12-33(42)36-23-29-20-27(15-16-35(29)44-36)30-21-32-34(22-28-8-2-3-11-31(28)38(32)41-24-30)43-19-7-10-26-14-13-25-9-6-17-40-37(25)39(26)43/h2-12,14-25H,13H2,1H3/q+2. The Labute approximate surface area is 258 Å².